The third-order valence-electron chi connectivity index (χ3n) is 4.98. The van der Waals surface area contributed by atoms with Crippen LogP contribution in [-0.4, -0.2) is 54.2 Å². The molecule has 0 radical (unpaired) electrons. The normalized spacial score (nSPS) is 15.8. The molecular weight excluding hydrogens is 432 g/mol. The molecule has 1 aliphatic rings. The predicted molar refractivity (Wildman–Crippen MR) is 126 cm³/mol. The fourth-order valence-corrected chi connectivity index (χ4v) is 4.46. The molecule has 3 rings (SSSR count). The van der Waals surface area contributed by atoms with Gasteiger partial charge in [0.1, 0.15) is 0 Å². The highest BCUT2D eigenvalue weighted by atomic mass is 32.2. The second-order valence-corrected chi connectivity index (χ2v) is 7.66. The lowest BCUT2D eigenvalue weighted by atomic mass is 10.1. The number of rotatable bonds is 8. The number of ketones is 1. The van der Waals surface area contributed by atoms with Gasteiger partial charge in [0.15, 0.2) is 28.8 Å². The van der Waals surface area contributed by atoms with Crippen molar-refractivity contribution in [2.75, 3.05) is 48.4 Å². The average Bonchev–Trinajstić information content (AvgIpc) is 3.16. The number of allylic oxidation sites excluding steroid dienone is 1. The lowest BCUT2D eigenvalue weighted by Gasteiger charge is -2.14. The zero-order chi connectivity index (χ0) is 23.3. The number of carbonyl (C=O) groups is 1. The van der Waals surface area contributed by atoms with Crippen LogP contribution in [0.25, 0.3) is 12.2 Å². The molecular formula is C24H26O7S. The Morgan fingerprint density at radius 1 is 0.656 bits per heavy atom. The number of hydrogen-bond acceptors (Lipinski definition) is 8. The van der Waals surface area contributed by atoms with E-state index in [0.717, 1.165) is 11.1 Å². The summed E-state index contributed by atoms with van der Waals surface area (Å²) in [6.07, 6.45) is 3.63. The minimum absolute atomic E-state index is 0.0522. The highest BCUT2D eigenvalue weighted by molar-refractivity contribution is 8.05. The van der Waals surface area contributed by atoms with Crippen LogP contribution in [0.5, 0.6) is 34.5 Å². The molecule has 0 bridgehead atoms. The third-order valence-corrected chi connectivity index (χ3v) is 6.05. The van der Waals surface area contributed by atoms with Crippen LogP contribution in [-0.2, 0) is 4.79 Å². The number of hydrogen-bond donors (Lipinski definition) is 0. The van der Waals surface area contributed by atoms with E-state index in [1.54, 1.807) is 60.9 Å². The minimum atomic E-state index is -0.0522. The van der Waals surface area contributed by atoms with Crippen molar-refractivity contribution < 1.29 is 33.2 Å². The Balaban J connectivity index is 1.99. The highest BCUT2D eigenvalue weighted by Gasteiger charge is 2.26. The Morgan fingerprint density at radius 3 is 1.56 bits per heavy atom. The van der Waals surface area contributed by atoms with Gasteiger partial charge >= 0.3 is 0 Å². The summed E-state index contributed by atoms with van der Waals surface area (Å²) in [6, 6.07) is 7.24. The van der Waals surface area contributed by atoms with Gasteiger partial charge in [0.2, 0.25) is 11.5 Å². The van der Waals surface area contributed by atoms with Crippen LogP contribution in [0.4, 0.5) is 0 Å². The van der Waals surface area contributed by atoms with E-state index in [2.05, 4.69) is 0 Å². The lowest BCUT2D eigenvalue weighted by molar-refractivity contribution is -0.111. The van der Waals surface area contributed by atoms with Crippen LogP contribution in [0.1, 0.15) is 11.1 Å². The van der Waals surface area contributed by atoms with Gasteiger partial charge < -0.3 is 28.4 Å². The fourth-order valence-electron chi connectivity index (χ4n) is 3.46. The van der Waals surface area contributed by atoms with E-state index in [0.29, 0.717) is 50.7 Å². The van der Waals surface area contributed by atoms with Crippen molar-refractivity contribution in [1.29, 1.82) is 0 Å². The maximum Gasteiger partial charge on any atom is 0.203 e. The van der Waals surface area contributed by atoms with Gasteiger partial charge in [-0.15, -0.1) is 11.8 Å². The molecule has 0 atom stereocenters. The van der Waals surface area contributed by atoms with Crippen molar-refractivity contribution in [3.63, 3.8) is 0 Å². The Labute approximate surface area is 191 Å². The van der Waals surface area contributed by atoms with Gasteiger partial charge in [0, 0.05) is 22.5 Å². The summed E-state index contributed by atoms with van der Waals surface area (Å²) in [5, 5.41) is 0. The quantitative estimate of drug-likeness (QED) is 0.536. The van der Waals surface area contributed by atoms with Crippen molar-refractivity contribution in [2.45, 2.75) is 0 Å². The fraction of sp³-hybridized carbons (Fsp3) is 0.292. The summed E-state index contributed by atoms with van der Waals surface area (Å²) in [6.45, 7) is 0. The molecule has 0 spiro atoms. The van der Waals surface area contributed by atoms with Gasteiger partial charge in [-0.05, 0) is 36.4 Å². The second kappa shape index (κ2) is 10.4. The van der Waals surface area contributed by atoms with E-state index >= 15 is 0 Å². The lowest BCUT2D eigenvalue weighted by Crippen LogP contribution is -2.00. The van der Waals surface area contributed by atoms with Crippen LogP contribution < -0.4 is 28.4 Å². The number of carbonyl (C=O) groups excluding carboxylic acids is 1. The van der Waals surface area contributed by atoms with Gasteiger partial charge in [-0.3, -0.25) is 4.79 Å². The first-order valence-corrected chi connectivity index (χ1v) is 10.7. The molecule has 1 fully saturated rings. The molecule has 0 N–H and O–H groups in total. The van der Waals surface area contributed by atoms with Crippen LogP contribution in [0.2, 0.25) is 0 Å². The van der Waals surface area contributed by atoms with Crippen molar-refractivity contribution in [3.8, 4) is 34.5 Å². The molecule has 7 nitrogen and oxygen atoms in total. The molecule has 1 saturated heterocycles. The second-order valence-electron chi connectivity index (χ2n) is 6.64. The highest BCUT2D eigenvalue weighted by Crippen LogP contribution is 2.44. The van der Waals surface area contributed by atoms with Crippen LogP contribution in [0.3, 0.4) is 0 Å². The summed E-state index contributed by atoms with van der Waals surface area (Å²) in [5.74, 6) is 3.57. The van der Waals surface area contributed by atoms with E-state index in [9.17, 15) is 4.79 Å². The van der Waals surface area contributed by atoms with Gasteiger partial charge in [0.25, 0.3) is 0 Å². The summed E-state index contributed by atoms with van der Waals surface area (Å²) in [7, 11) is 9.32. The monoisotopic (exact) mass is 458 g/mol. The molecule has 1 aliphatic heterocycles. The Bertz CT molecular complexity index is 989. The van der Waals surface area contributed by atoms with Crippen molar-refractivity contribution in [1.82, 2.24) is 0 Å². The summed E-state index contributed by atoms with van der Waals surface area (Å²) < 4.78 is 32.6. The van der Waals surface area contributed by atoms with Crippen LogP contribution in [0, 0.1) is 0 Å². The zero-order valence-corrected chi connectivity index (χ0v) is 19.8. The number of ether oxygens (including phenoxy) is 6. The Morgan fingerprint density at radius 2 is 1.12 bits per heavy atom. The zero-order valence-electron chi connectivity index (χ0n) is 18.9. The van der Waals surface area contributed by atoms with Gasteiger partial charge in [0.05, 0.1) is 47.6 Å². The minimum Gasteiger partial charge on any atom is -0.493 e. The number of methoxy groups -OCH3 is 6. The van der Waals surface area contributed by atoms with Crippen LogP contribution in [0.15, 0.2) is 34.7 Å². The molecule has 170 valence electrons. The largest absolute Gasteiger partial charge is 0.493 e. The smallest absolute Gasteiger partial charge is 0.203 e. The number of Topliss-reactive ketones (excluding diaryl/α,β-unsaturated/α-hetero) is 1. The predicted octanol–water partition coefficient (Wildman–Crippen LogP) is 4.48. The van der Waals surface area contributed by atoms with E-state index in [1.165, 1.54) is 11.8 Å². The Kier molecular flexibility index (Phi) is 7.58. The van der Waals surface area contributed by atoms with Crippen molar-refractivity contribution in [3.05, 3.63) is 45.9 Å². The first-order chi connectivity index (χ1) is 15.5. The molecule has 0 aliphatic carbocycles. The van der Waals surface area contributed by atoms with Gasteiger partial charge in [-0.25, -0.2) is 0 Å². The summed E-state index contributed by atoms with van der Waals surface area (Å²) in [5.41, 5.74) is 2.12. The van der Waals surface area contributed by atoms with Crippen molar-refractivity contribution >= 4 is 29.7 Å². The summed E-state index contributed by atoms with van der Waals surface area (Å²) >= 11 is 1.47. The standard InChI is InChI=1S/C24H26O7S/c1-26-17-9-7-14(21(28-3)23(17)30-5)11-16-13-32-19(20(16)25)12-15-8-10-18(27-2)24(31-6)22(15)29-4/h7-12H,13H2,1-6H3/b16-11+,19-12-. The molecule has 2 aromatic carbocycles. The molecule has 0 saturated carbocycles. The molecule has 0 unspecified atom stereocenters. The molecule has 8 heteroatoms. The molecule has 2 aromatic rings. The van der Waals surface area contributed by atoms with E-state index in [1.807, 2.05) is 18.2 Å². The van der Waals surface area contributed by atoms with Crippen LogP contribution >= 0.6 is 11.8 Å². The number of benzene rings is 2. The topological polar surface area (TPSA) is 72.5 Å². The maximum absolute atomic E-state index is 13.1. The van der Waals surface area contributed by atoms with E-state index in [-0.39, 0.29) is 5.78 Å². The first-order valence-electron chi connectivity index (χ1n) is 9.70. The number of thioether (sulfide) groups is 1. The summed E-state index contributed by atoms with van der Waals surface area (Å²) in [4.78, 5) is 13.7. The maximum atomic E-state index is 13.1. The molecule has 0 aromatic heterocycles. The van der Waals surface area contributed by atoms with E-state index < -0.39 is 0 Å². The first kappa shape index (κ1) is 23.4. The molecule has 1 heterocycles. The van der Waals surface area contributed by atoms with Crippen molar-refractivity contribution in [2.24, 2.45) is 0 Å². The van der Waals surface area contributed by atoms with E-state index in [4.69, 9.17) is 28.4 Å². The van der Waals surface area contributed by atoms with Gasteiger partial charge in [-0.2, -0.15) is 0 Å². The van der Waals surface area contributed by atoms with Gasteiger partial charge in [-0.1, -0.05) is 0 Å². The molecule has 32 heavy (non-hydrogen) atoms. The molecule has 0 amide bonds. The third kappa shape index (κ3) is 4.36. The Hall–Kier alpha value is -3.26. The SMILES string of the molecule is COc1ccc(/C=C2\CS/C(=C\c3ccc(OC)c(OC)c3OC)C2=O)c(OC)c1OC. The average molecular weight is 459 g/mol.